The van der Waals surface area contributed by atoms with Crippen LogP contribution in [-0.4, -0.2) is 61.6 Å². The number of carbonyl (C=O) groups is 1. The highest BCUT2D eigenvalue weighted by atomic mass is 16.5. The van der Waals surface area contributed by atoms with Gasteiger partial charge >= 0.3 is 0 Å². The first-order valence-corrected chi connectivity index (χ1v) is 7.71. The van der Waals surface area contributed by atoms with Gasteiger partial charge in [0.05, 0.1) is 12.2 Å². The summed E-state index contributed by atoms with van der Waals surface area (Å²) < 4.78 is 5.82. The summed E-state index contributed by atoms with van der Waals surface area (Å²) in [6.07, 6.45) is 2.14. The molecule has 1 atom stereocenters. The lowest BCUT2D eigenvalue weighted by Crippen LogP contribution is -2.47. The molecule has 21 heavy (non-hydrogen) atoms. The van der Waals surface area contributed by atoms with E-state index < -0.39 is 6.10 Å². The molecule has 1 amide bonds. The number of likely N-dealkylation sites (tertiary alicyclic amines) is 1. The van der Waals surface area contributed by atoms with Gasteiger partial charge in [-0.05, 0) is 38.1 Å². The predicted octanol–water partition coefficient (Wildman–Crippen LogP) is 1.41. The Hall–Kier alpha value is -1.75. The molecular formula is C16H23N3O2. The van der Waals surface area contributed by atoms with Gasteiger partial charge in [-0.15, -0.1) is 0 Å². The number of benzene rings is 1. The maximum Gasteiger partial charge on any atom is 0.265 e. The quantitative estimate of drug-likeness (QED) is 0.910. The van der Waals surface area contributed by atoms with Crippen molar-refractivity contribution in [3.8, 4) is 5.75 Å². The number of hydrogen-bond acceptors (Lipinski definition) is 4. The molecule has 0 radical (unpaired) electrons. The first-order chi connectivity index (χ1) is 10.2. The van der Waals surface area contributed by atoms with Gasteiger partial charge < -0.3 is 19.9 Å². The highest BCUT2D eigenvalue weighted by molar-refractivity contribution is 5.83. The lowest BCUT2D eigenvalue weighted by Gasteiger charge is -2.30. The van der Waals surface area contributed by atoms with Crippen molar-refractivity contribution in [3.05, 3.63) is 24.3 Å². The molecule has 0 aromatic heterocycles. The molecule has 3 rings (SSSR count). The molecule has 0 spiro atoms. The topological polar surface area (TPSA) is 44.8 Å². The number of para-hydroxylation sites is 2. The third kappa shape index (κ3) is 3.29. The van der Waals surface area contributed by atoms with Crippen LogP contribution in [0.5, 0.6) is 5.75 Å². The van der Waals surface area contributed by atoms with Gasteiger partial charge in [-0.3, -0.25) is 4.79 Å². The molecule has 1 aromatic carbocycles. The predicted molar refractivity (Wildman–Crippen MR) is 82.7 cm³/mol. The average Bonchev–Trinajstić information content (AvgIpc) is 3.05. The monoisotopic (exact) mass is 289 g/mol. The molecule has 1 saturated heterocycles. The Balaban J connectivity index is 1.53. The fraction of sp³-hybridized carbons (Fsp3) is 0.562. The van der Waals surface area contributed by atoms with Crippen molar-refractivity contribution >= 4 is 11.6 Å². The van der Waals surface area contributed by atoms with Crippen LogP contribution in [0.1, 0.15) is 12.8 Å². The number of carbonyl (C=O) groups excluding carboxylic acids is 1. The molecule has 2 heterocycles. The van der Waals surface area contributed by atoms with Crippen molar-refractivity contribution in [3.63, 3.8) is 0 Å². The van der Waals surface area contributed by atoms with E-state index in [1.165, 1.54) is 12.8 Å². The molecule has 5 heteroatoms. The molecule has 114 valence electrons. The number of nitrogens with zero attached hydrogens (tertiary/aromatic N) is 2. The number of fused-ring (bicyclic) bond motifs is 1. The Morgan fingerprint density at radius 1 is 1.38 bits per heavy atom. The third-order valence-corrected chi connectivity index (χ3v) is 4.24. The Kier molecular flexibility index (Phi) is 4.29. The molecule has 0 saturated carbocycles. The molecule has 5 nitrogen and oxygen atoms in total. The fourth-order valence-corrected chi connectivity index (χ4v) is 2.90. The summed E-state index contributed by atoms with van der Waals surface area (Å²) in [5.74, 6) is 0.811. The number of amides is 1. The second-order valence-corrected chi connectivity index (χ2v) is 5.79. The van der Waals surface area contributed by atoms with Crippen molar-refractivity contribution in [2.45, 2.75) is 18.9 Å². The lowest BCUT2D eigenvalue weighted by molar-refractivity contribution is -0.137. The minimum atomic E-state index is -0.427. The molecule has 1 N–H and O–H groups in total. The summed E-state index contributed by atoms with van der Waals surface area (Å²) in [7, 11) is 1.86. The third-order valence-electron chi connectivity index (χ3n) is 4.24. The number of ether oxygens (including phenoxy) is 1. The van der Waals surface area contributed by atoms with Crippen molar-refractivity contribution < 1.29 is 9.53 Å². The highest BCUT2D eigenvalue weighted by Gasteiger charge is 2.28. The fourth-order valence-electron chi connectivity index (χ4n) is 2.90. The van der Waals surface area contributed by atoms with E-state index in [-0.39, 0.29) is 5.91 Å². The van der Waals surface area contributed by atoms with Crippen LogP contribution >= 0.6 is 0 Å². The van der Waals surface area contributed by atoms with Crippen molar-refractivity contribution in [1.29, 1.82) is 0 Å². The van der Waals surface area contributed by atoms with Crippen LogP contribution in [0.4, 0.5) is 5.69 Å². The van der Waals surface area contributed by atoms with E-state index in [1.54, 1.807) is 4.90 Å². The highest BCUT2D eigenvalue weighted by Crippen LogP contribution is 2.28. The second-order valence-electron chi connectivity index (χ2n) is 5.79. The van der Waals surface area contributed by atoms with E-state index in [1.807, 2.05) is 31.3 Å². The number of anilines is 1. The summed E-state index contributed by atoms with van der Waals surface area (Å²) in [5, 5.41) is 3.26. The maximum atomic E-state index is 12.5. The van der Waals surface area contributed by atoms with E-state index in [0.717, 1.165) is 37.6 Å². The molecule has 1 aromatic rings. The van der Waals surface area contributed by atoms with Crippen LogP contribution in [-0.2, 0) is 4.79 Å². The van der Waals surface area contributed by atoms with Crippen molar-refractivity contribution in [2.24, 2.45) is 0 Å². The Bertz CT molecular complexity index is 500. The lowest BCUT2D eigenvalue weighted by atomic mass is 10.2. The normalized spacial score (nSPS) is 21.3. The van der Waals surface area contributed by atoms with Crippen LogP contribution in [0.15, 0.2) is 24.3 Å². The minimum Gasteiger partial charge on any atom is -0.477 e. The molecule has 0 aliphatic carbocycles. The molecule has 2 aliphatic heterocycles. The van der Waals surface area contributed by atoms with Crippen LogP contribution in [0.3, 0.4) is 0 Å². The number of hydrogen-bond donors (Lipinski definition) is 1. The summed E-state index contributed by atoms with van der Waals surface area (Å²) in [4.78, 5) is 16.7. The van der Waals surface area contributed by atoms with Gasteiger partial charge in [-0.2, -0.15) is 0 Å². The summed E-state index contributed by atoms with van der Waals surface area (Å²) in [5.41, 5.74) is 0.960. The Labute approximate surface area is 125 Å². The Morgan fingerprint density at radius 3 is 2.95 bits per heavy atom. The molecular weight excluding hydrogens is 266 g/mol. The van der Waals surface area contributed by atoms with Crippen LogP contribution in [0, 0.1) is 0 Å². The van der Waals surface area contributed by atoms with Crippen molar-refractivity contribution in [2.75, 3.05) is 45.1 Å². The molecule has 0 bridgehead atoms. The van der Waals surface area contributed by atoms with Gasteiger partial charge in [0.2, 0.25) is 0 Å². The summed E-state index contributed by atoms with van der Waals surface area (Å²) in [6.45, 7) is 4.58. The zero-order valence-corrected chi connectivity index (χ0v) is 12.5. The molecule has 2 aliphatic rings. The van der Waals surface area contributed by atoms with Gasteiger partial charge in [0.15, 0.2) is 6.10 Å². The largest absolute Gasteiger partial charge is 0.477 e. The Morgan fingerprint density at radius 2 is 2.14 bits per heavy atom. The first kappa shape index (κ1) is 14.2. The van der Waals surface area contributed by atoms with Crippen molar-refractivity contribution in [1.82, 2.24) is 9.80 Å². The minimum absolute atomic E-state index is 0.0520. The van der Waals surface area contributed by atoms with Crippen LogP contribution in [0.25, 0.3) is 0 Å². The van der Waals surface area contributed by atoms with Gasteiger partial charge in [0, 0.05) is 20.1 Å². The smallest absolute Gasteiger partial charge is 0.265 e. The van der Waals surface area contributed by atoms with Gasteiger partial charge in [0.25, 0.3) is 5.91 Å². The summed E-state index contributed by atoms with van der Waals surface area (Å²) in [6, 6.07) is 7.74. The van der Waals surface area contributed by atoms with Crippen LogP contribution in [0.2, 0.25) is 0 Å². The van der Waals surface area contributed by atoms with Gasteiger partial charge in [0.1, 0.15) is 5.75 Å². The molecule has 1 fully saturated rings. The van der Waals surface area contributed by atoms with E-state index in [9.17, 15) is 4.79 Å². The zero-order chi connectivity index (χ0) is 14.7. The zero-order valence-electron chi connectivity index (χ0n) is 12.5. The maximum absolute atomic E-state index is 12.5. The molecule has 1 unspecified atom stereocenters. The number of rotatable bonds is 4. The van der Waals surface area contributed by atoms with Gasteiger partial charge in [-0.1, -0.05) is 12.1 Å². The van der Waals surface area contributed by atoms with E-state index in [4.69, 9.17) is 4.74 Å². The van der Waals surface area contributed by atoms with Crippen LogP contribution < -0.4 is 10.1 Å². The number of likely N-dealkylation sites (N-methyl/N-ethyl adjacent to an activating group) is 1. The standard InChI is InChI=1S/C16H23N3O2/c1-18(10-11-19-8-4-5-9-19)16(20)15-12-17-13-6-2-3-7-14(13)21-15/h2-3,6-7,15,17H,4-5,8-12H2,1H3. The average molecular weight is 289 g/mol. The SMILES string of the molecule is CN(CCN1CCCC1)C(=O)C1CNc2ccccc2O1. The number of nitrogens with one attached hydrogen (secondary N) is 1. The van der Waals surface area contributed by atoms with E-state index in [0.29, 0.717) is 6.54 Å². The van der Waals surface area contributed by atoms with E-state index in [2.05, 4.69) is 10.2 Å². The second kappa shape index (κ2) is 6.35. The van der Waals surface area contributed by atoms with Gasteiger partial charge in [-0.25, -0.2) is 0 Å². The van der Waals surface area contributed by atoms with E-state index >= 15 is 0 Å². The summed E-state index contributed by atoms with van der Waals surface area (Å²) >= 11 is 0. The first-order valence-electron chi connectivity index (χ1n) is 7.71.